The summed E-state index contributed by atoms with van der Waals surface area (Å²) < 4.78 is 5.55. The molecule has 21 heavy (non-hydrogen) atoms. The lowest BCUT2D eigenvalue weighted by Gasteiger charge is -2.16. The van der Waals surface area contributed by atoms with E-state index >= 15 is 0 Å². The van der Waals surface area contributed by atoms with E-state index in [9.17, 15) is 4.79 Å². The van der Waals surface area contributed by atoms with Crippen molar-refractivity contribution in [2.24, 2.45) is 0 Å². The van der Waals surface area contributed by atoms with Gasteiger partial charge in [-0.1, -0.05) is 0 Å². The second kappa shape index (κ2) is 6.13. The van der Waals surface area contributed by atoms with Crippen molar-refractivity contribution in [3.63, 3.8) is 0 Å². The minimum Gasteiger partial charge on any atom is -0.482 e. The zero-order valence-electron chi connectivity index (χ0n) is 11.6. The van der Waals surface area contributed by atoms with Gasteiger partial charge in [-0.15, -0.1) is 11.3 Å². The van der Waals surface area contributed by atoms with E-state index in [-0.39, 0.29) is 12.5 Å². The maximum atomic E-state index is 11.9. The van der Waals surface area contributed by atoms with Gasteiger partial charge in [0.2, 0.25) is 0 Å². The second-order valence-electron chi connectivity index (χ2n) is 5.00. The van der Waals surface area contributed by atoms with Crippen LogP contribution >= 0.6 is 11.3 Å². The summed E-state index contributed by atoms with van der Waals surface area (Å²) >= 11 is 1.54. The van der Waals surface area contributed by atoms with Crippen LogP contribution in [-0.2, 0) is 4.79 Å². The Morgan fingerprint density at radius 1 is 1.38 bits per heavy atom. The van der Waals surface area contributed by atoms with Crippen LogP contribution in [0.25, 0.3) is 11.3 Å². The van der Waals surface area contributed by atoms with Crippen molar-refractivity contribution in [1.29, 1.82) is 0 Å². The Labute approximate surface area is 127 Å². The highest BCUT2D eigenvalue weighted by molar-refractivity contribution is 7.07. The number of hydrogen-bond acceptors (Lipinski definition) is 5. The summed E-state index contributed by atoms with van der Waals surface area (Å²) in [6.45, 7) is 1.71. The first kappa shape index (κ1) is 13.9. The van der Waals surface area contributed by atoms with Gasteiger partial charge < -0.3 is 15.4 Å². The fourth-order valence-electron chi connectivity index (χ4n) is 2.39. The van der Waals surface area contributed by atoms with Crippen LogP contribution < -0.4 is 10.5 Å². The molecule has 0 spiro atoms. The second-order valence-corrected chi connectivity index (χ2v) is 5.72. The molecule has 1 aromatic carbocycles. The highest BCUT2D eigenvalue weighted by atomic mass is 32.1. The molecule has 3 rings (SSSR count). The van der Waals surface area contributed by atoms with Gasteiger partial charge in [-0.2, -0.15) is 0 Å². The first-order valence-electron chi connectivity index (χ1n) is 6.93. The molecule has 1 aliphatic heterocycles. The van der Waals surface area contributed by atoms with Crippen LogP contribution in [0.15, 0.2) is 29.1 Å². The first-order valence-corrected chi connectivity index (χ1v) is 7.87. The van der Waals surface area contributed by atoms with Crippen LogP contribution in [-0.4, -0.2) is 35.5 Å². The Kier molecular flexibility index (Phi) is 4.06. The molecule has 5 nitrogen and oxygen atoms in total. The minimum absolute atomic E-state index is 0.0236. The Bertz CT molecular complexity index is 622. The number of nitrogens with zero attached hydrogens (tertiary/aromatic N) is 2. The van der Waals surface area contributed by atoms with Crippen LogP contribution in [0.3, 0.4) is 0 Å². The molecule has 2 heterocycles. The SMILES string of the molecule is Nc1cc(-c2cscn2)ccc1OCC(=O)N1CCCC1. The molecular formula is C15H17N3O2S. The number of carbonyl (C=O) groups excluding carboxylic acids is 1. The highest BCUT2D eigenvalue weighted by Gasteiger charge is 2.18. The van der Waals surface area contributed by atoms with Crippen molar-refractivity contribution in [2.75, 3.05) is 25.4 Å². The molecule has 2 aromatic rings. The van der Waals surface area contributed by atoms with E-state index in [1.54, 1.807) is 11.6 Å². The molecule has 1 saturated heterocycles. The number of aromatic nitrogens is 1. The van der Waals surface area contributed by atoms with Crippen molar-refractivity contribution >= 4 is 22.9 Å². The molecule has 0 aliphatic carbocycles. The normalized spacial score (nSPS) is 14.4. The van der Waals surface area contributed by atoms with Gasteiger partial charge in [0.25, 0.3) is 5.91 Å². The van der Waals surface area contributed by atoms with Crippen molar-refractivity contribution < 1.29 is 9.53 Å². The number of nitrogen functional groups attached to an aromatic ring is 1. The van der Waals surface area contributed by atoms with Gasteiger partial charge >= 0.3 is 0 Å². The molecule has 0 radical (unpaired) electrons. The predicted octanol–water partition coefficient (Wildman–Crippen LogP) is 2.39. The summed E-state index contributed by atoms with van der Waals surface area (Å²) in [5.74, 6) is 0.567. The fourth-order valence-corrected chi connectivity index (χ4v) is 2.95. The van der Waals surface area contributed by atoms with Gasteiger partial charge in [-0.3, -0.25) is 4.79 Å². The smallest absolute Gasteiger partial charge is 0.260 e. The lowest BCUT2D eigenvalue weighted by Crippen LogP contribution is -2.32. The fraction of sp³-hybridized carbons (Fsp3) is 0.333. The third-order valence-electron chi connectivity index (χ3n) is 3.55. The summed E-state index contributed by atoms with van der Waals surface area (Å²) in [6, 6.07) is 5.52. The zero-order valence-corrected chi connectivity index (χ0v) is 12.4. The number of rotatable bonds is 4. The van der Waals surface area contributed by atoms with Gasteiger partial charge in [0.1, 0.15) is 5.75 Å². The predicted molar refractivity (Wildman–Crippen MR) is 83.3 cm³/mol. The Balaban J connectivity index is 1.64. The zero-order chi connectivity index (χ0) is 14.7. The summed E-state index contributed by atoms with van der Waals surface area (Å²) in [7, 11) is 0. The van der Waals surface area contributed by atoms with E-state index in [2.05, 4.69) is 4.98 Å². The van der Waals surface area contributed by atoms with Gasteiger partial charge in [0.05, 0.1) is 16.9 Å². The number of thiazole rings is 1. The Morgan fingerprint density at radius 3 is 2.86 bits per heavy atom. The summed E-state index contributed by atoms with van der Waals surface area (Å²) in [5.41, 5.74) is 10.1. The van der Waals surface area contributed by atoms with E-state index in [1.807, 2.05) is 22.4 Å². The maximum Gasteiger partial charge on any atom is 0.260 e. The lowest BCUT2D eigenvalue weighted by atomic mass is 10.1. The topological polar surface area (TPSA) is 68.5 Å². The quantitative estimate of drug-likeness (QED) is 0.881. The lowest BCUT2D eigenvalue weighted by molar-refractivity contribution is -0.132. The van der Waals surface area contributed by atoms with Crippen molar-refractivity contribution in [3.8, 4) is 17.0 Å². The average molecular weight is 303 g/mol. The Hall–Kier alpha value is -2.08. The molecule has 6 heteroatoms. The van der Waals surface area contributed by atoms with Crippen LogP contribution in [0, 0.1) is 0 Å². The van der Waals surface area contributed by atoms with Gasteiger partial charge in [-0.25, -0.2) is 4.98 Å². The molecule has 1 fully saturated rings. The number of likely N-dealkylation sites (tertiary alicyclic amines) is 1. The van der Waals surface area contributed by atoms with E-state index in [0.717, 1.165) is 37.2 Å². The molecular weight excluding hydrogens is 286 g/mol. The monoisotopic (exact) mass is 303 g/mol. The number of benzene rings is 1. The summed E-state index contributed by atoms with van der Waals surface area (Å²) in [4.78, 5) is 18.0. The molecule has 0 atom stereocenters. The molecule has 1 aliphatic rings. The molecule has 0 bridgehead atoms. The van der Waals surface area contributed by atoms with Gasteiger partial charge in [-0.05, 0) is 31.0 Å². The largest absolute Gasteiger partial charge is 0.482 e. The van der Waals surface area contributed by atoms with Gasteiger partial charge in [0, 0.05) is 24.0 Å². The molecule has 2 N–H and O–H groups in total. The maximum absolute atomic E-state index is 11.9. The van der Waals surface area contributed by atoms with E-state index in [1.165, 1.54) is 11.3 Å². The van der Waals surface area contributed by atoms with Crippen LogP contribution in [0.5, 0.6) is 5.75 Å². The average Bonchev–Trinajstić information content (AvgIpc) is 3.18. The van der Waals surface area contributed by atoms with Crippen LogP contribution in [0.1, 0.15) is 12.8 Å². The number of hydrogen-bond donors (Lipinski definition) is 1. The number of amides is 1. The van der Waals surface area contributed by atoms with Crippen molar-refractivity contribution in [2.45, 2.75) is 12.8 Å². The third kappa shape index (κ3) is 3.16. The molecule has 110 valence electrons. The third-order valence-corrected chi connectivity index (χ3v) is 4.13. The van der Waals surface area contributed by atoms with E-state index in [0.29, 0.717) is 11.4 Å². The number of ether oxygens (including phenoxy) is 1. The number of carbonyl (C=O) groups is 1. The summed E-state index contributed by atoms with van der Waals surface area (Å²) in [5, 5.41) is 1.96. The van der Waals surface area contributed by atoms with E-state index in [4.69, 9.17) is 10.5 Å². The summed E-state index contributed by atoms with van der Waals surface area (Å²) in [6.07, 6.45) is 2.16. The molecule has 0 saturated carbocycles. The van der Waals surface area contributed by atoms with Crippen molar-refractivity contribution in [1.82, 2.24) is 9.88 Å². The number of nitrogens with two attached hydrogens (primary N) is 1. The molecule has 0 unspecified atom stereocenters. The standard InChI is InChI=1S/C15H17N3O2S/c16-12-7-11(13-9-21-10-17-13)3-4-14(12)20-8-15(19)18-5-1-2-6-18/h3-4,7,9-10H,1-2,5-6,8,16H2. The van der Waals surface area contributed by atoms with E-state index < -0.39 is 0 Å². The minimum atomic E-state index is 0.0236. The highest BCUT2D eigenvalue weighted by Crippen LogP contribution is 2.28. The van der Waals surface area contributed by atoms with Gasteiger partial charge in [0.15, 0.2) is 6.61 Å². The van der Waals surface area contributed by atoms with Crippen LogP contribution in [0.4, 0.5) is 5.69 Å². The van der Waals surface area contributed by atoms with Crippen LogP contribution in [0.2, 0.25) is 0 Å². The van der Waals surface area contributed by atoms with Crippen molar-refractivity contribution in [3.05, 3.63) is 29.1 Å². The Morgan fingerprint density at radius 2 is 2.19 bits per heavy atom. The molecule has 1 amide bonds. The molecule has 1 aromatic heterocycles. The number of anilines is 1. The first-order chi connectivity index (χ1) is 10.2.